The van der Waals surface area contributed by atoms with Crippen molar-refractivity contribution in [3.05, 3.63) is 46.1 Å². The monoisotopic (exact) mass is 434 g/mol. The van der Waals surface area contributed by atoms with E-state index in [9.17, 15) is 9.59 Å². The van der Waals surface area contributed by atoms with Crippen molar-refractivity contribution < 1.29 is 14.7 Å². The Morgan fingerprint density at radius 1 is 1.30 bits per heavy atom. The highest BCUT2D eigenvalue weighted by Gasteiger charge is 2.38. The summed E-state index contributed by atoms with van der Waals surface area (Å²) in [4.78, 5) is 25.1. The first-order chi connectivity index (χ1) is 13.8. The molecule has 0 spiro atoms. The smallest absolute Gasteiger partial charge is 0.322 e. The van der Waals surface area contributed by atoms with Crippen molar-refractivity contribution >= 4 is 23.6 Å². The number of hydrogen-bond donors (Lipinski definition) is 2. The molecule has 6 heteroatoms. The molecule has 166 valence electrons. The number of hydrogen-bond acceptors (Lipinski definition) is 2. The lowest BCUT2D eigenvalue weighted by Crippen LogP contribution is -2.54. The van der Waals surface area contributed by atoms with Gasteiger partial charge in [0.1, 0.15) is 0 Å². The third-order valence-corrected chi connectivity index (χ3v) is 5.89. The van der Waals surface area contributed by atoms with E-state index in [2.05, 4.69) is 46.0 Å². The minimum absolute atomic E-state index is 0.0934. The number of halogens is 1. The van der Waals surface area contributed by atoms with Gasteiger partial charge in [-0.3, -0.25) is 4.79 Å². The summed E-state index contributed by atoms with van der Waals surface area (Å²) in [5.74, 6) is -0.541. The Hall–Kier alpha value is -2.01. The maximum Gasteiger partial charge on any atom is 0.322 e. The van der Waals surface area contributed by atoms with Gasteiger partial charge in [0.2, 0.25) is 0 Å². The molecule has 0 aromatic heterocycles. The van der Waals surface area contributed by atoms with Crippen molar-refractivity contribution in [1.29, 1.82) is 0 Å². The molecule has 2 amide bonds. The lowest BCUT2D eigenvalue weighted by atomic mass is 9.79. The number of urea groups is 1. The van der Waals surface area contributed by atoms with Gasteiger partial charge in [-0.25, -0.2) is 4.79 Å². The summed E-state index contributed by atoms with van der Waals surface area (Å²) in [6, 6.07) is 5.77. The standard InChI is InChI=1S/C24H35ClN2O3/c1-16(2)13-19-15-27(12-10-21(28)29)22(30)26-24(19,6)18-8-7-17(20(25)14-18)9-11-23(3,4)5/h7-8,14-16H,9-13H2,1-6H3,(H,26,30)(H,28,29)/t24-/m0/s1. The topological polar surface area (TPSA) is 69.6 Å². The van der Waals surface area contributed by atoms with E-state index in [0.717, 1.165) is 36.0 Å². The van der Waals surface area contributed by atoms with E-state index in [-0.39, 0.29) is 24.4 Å². The van der Waals surface area contributed by atoms with Crippen LogP contribution in [-0.2, 0) is 16.8 Å². The molecule has 1 heterocycles. The molecule has 1 aromatic carbocycles. The molecule has 2 rings (SSSR count). The quantitative estimate of drug-likeness (QED) is 0.530. The Bertz CT molecular complexity index is 826. The Labute approximate surface area is 185 Å². The first-order valence-electron chi connectivity index (χ1n) is 10.6. The van der Waals surface area contributed by atoms with Crippen LogP contribution in [0.2, 0.25) is 5.02 Å². The Balaban J connectivity index is 2.37. The predicted molar refractivity (Wildman–Crippen MR) is 122 cm³/mol. The molecule has 1 aliphatic rings. The molecule has 2 N–H and O–H groups in total. The summed E-state index contributed by atoms with van der Waals surface area (Å²) >= 11 is 6.63. The summed E-state index contributed by atoms with van der Waals surface area (Å²) in [6.07, 6.45) is 4.46. The van der Waals surface area contributed by atoms with Crippen LogP contribution < -0.4 is 5.32 Å². The third kappa shape index (κ3) is 6.24. The average molecular weight is 435 g/mol. The van der Waals surface area contributed by atoms with E-state index in [1.807, 2.05) is 25.3 Å². The summed E-state index contributed by atoms with van der Waals surface area (Å²) in [5.41, 5.74) is 2.63. The van der Waals surface area contributed by atoms with Crippen molar-refractivity contribution in [2.45, 2.75) is 72.8 Å². The van der Waals surface area contributed by atoms with Gasteiger partial charge in [0.05, 0.1) is 12.0 Å². The van der Waals surface area contributed by atoms with Gasteiger partial charge >= 0.3 is 12.0 Å². The Morgan fingerprint density at radius 3 is 2.50 bits per heavy atom. The molecular formula is C24H35ClN2O3. The summed E-state index contributed by atoms with van der Waals surface area (Å²) in [5, 5.41) is 12.8. The number of rotatable bonds is 8. The second-order valence-electron chi connectivity index (χ2n) is 10.0. The number of benzene rings is 1. The summed E-state index contributed by atoms with van der Waals surface area (Å²) in [6.45, 7) is 13.0. The van der Waals surface area contributed by atoms with E-state index in [4.69, 9.17) is 16.7 Å². The molecule has 5 nitrogen and oxygen atoms in total. The fraction of sp³-hybridized carbons (Fsp3) is 0.583. The molecule has 1 atom stereocenters. The molecule has 0 bridgehead atoms. The Kier molecular flexibility index (Phi) is 7.62. The number of carboxylic acid groups (broad SMARTS) is 1. The van der Waals surface area contributed by atoms with Gasteiger partial charge in [0, 0.05) is 17.8 Å². The predicted octanol–water partition coefficient (Wildman–Crippen LogP) is 5.96. The number of carboxylic acids is 1. The second kappa shape index (κ2) is 9.42. The number of carbonyl (C=O) groups is 2. The van der Waals surface area contributed by atoms with Crippen LogP contribution in [0.3, 0.4) is 0 Å². The zero-order chi connectivity index (χ0) is 22.7. The molecule has 0 aliphatic carbocycles. The summed E-state index contributed by atoms with van der Waals surface area (Å²) in [7, 11) is 0. The molecule has 0 saturated heterocycles. The van der Waals surface area contributed by atoms with Gasteiger partial charge < -0.3 is 15.3 Å². The molecule has 1 aromatic rings. The van der Waals surface area contributed by atoms with Crippen molar-refractivity contribution in [1.82, 2.24) is 10.2 Å². The minimum Gasteiger partial charge on any atom is -0.481 e. The van der Waals surface area contributed by atoms with Crippen LogP contribution in [0, 0.1) is 11.3 Å². The van der Waals surface area contributed by atoms with E-state index in [1.165, 1.54) is 4.90 Å². The highest BCUT2D eigenvalue weighted by Crippen LogP contribution is 2.38. The van der Waals surface area contributed by atoms with Gasteiger partial charge in [-0.1, -0.05) is 58.4 Å². The van der Waals surface area contributed by atoms with Crippen molar-refractivity contribution in [2.24, 2.45) is 11.3 Å². The van der Waals surface area contributed by atoms with Crippen molar-refractivity contribution in [2.75, 3.05) is 6.54 Å². The minimum atomic E-state index is -0.924. The van der Waals surface area contributed by atoms with Crippen LogP contribution >= 0.6 is 11.6 Å². The fourth-order valence-electron chi connectivity index (χ4n) is 3.65. The molecule has 30 heavy (non-hydrogen) atoms. The van der Waals surface area contributed by atoms with Gasteiger partial charge in [-0.15, -0.1) is 0 Å². The second-order valence-corrected chi connectivity index (χ2v) is 10.4. The van der Waals surface area contributed by atoms with Crippen LogP contribution in [0.1, 0.15) is 71.9 Å². The van der Waals surface area contributed by atoms with Crippen LogP contribution in [-0.4, -0.2) is 28.6 Å². The molecule has 0 fully saturated rings. The lowest BCUT2D eigenvalue weighted by molar-refractivity contribution is -0.137. The van der Waals surface area contributed by atoms with Crippen molar-refractivity contribution in [3.8, 4) is 0 Å². The first-order valence-corrected chi connectivity index (χ1v) is 11.0. The molecular weight excluding hydrogens is 400 g/mol. The van der Waals surface area contributed by atoms with Crippen LogP contribution in [0.25, 0.3) is 0 Å². The highest BCUT2D eigenvalue weighted by molar-refractivity contribution is 6.31. The maximum atomic E-state index is 12.7. The zero-order valence-corrected chi connectivity index (χ0v) is 19.8. The van der Waals surface area contributed by atoms with Gasteiger partial charge in [-0.2, -0.15) is 0 Å². The summed E-state index contributed by atoms with van der Waals surface area (Å²) < 4.78 is 0. The van der Waals surface area contributed by atoms with E-state index in [1.54, 1.807) is 0 Å². The first kappa shape index (κ1) is 24.3. The third-order valence-electron chi connectivity index (χ3n) is 5.54. The average Bonchev–Trinajstić information content (AvgIpc) is 2.60. The van der Waals surface area contributed by atoms with Gasteiger partial charge in [0.15, 0.2) is 0 Å². The molecule has 1 aliphatic heterocycles. The Morgan fingerprint density at radius 2 is 1.97 bits per heavy atom. The maximum absolute atomic E-state index is 12.7. The van der Waals surface area contributed by atoms with Crippen LogP contribution in [0.5, 0.6) is 0 Å². The number of nitrogens with one attached hydrogen (secondary N) is 1. The SMILES string of the molecule is CC(C)CC1=CN(CCC(=O)O)C(=O)N[C@@]1(C)c1ccc(CCC(C)(C)C)c(Cl)c1. The molecule has 0 saturated carbocycles. The zero-order valence-electron chi connectivity index (χ0n) is 19.0. The number of aliphatic carboxylic acids is 1. The van der Waals surface area contributed by atoms with Crippen LogP contribution in [0.4, 0.5) is 4.79 Å². The molecule has 0 radical (unpaired) electrons. The normalized spacial score (nSPS) is 19.7. The fourth-order valence-corrected chi connectivity index (χ4v) is 3.92. The highest BCUT2D eigenvalue weighted by atomic mass is 35.5. The lowest BCUT2D eigenvalue weighted by Gasteiger charge is -2.41. The number of nitrogens with zero attached hydrogens (tertiary/aromatic N) is 1. The van der Waals surface area contributed by atoms with Crippen LogP contribution in [0.15, 0.2) is 30.0 Å². The van der Waals surface area contributed by atoms with Gasteiger partial charge in [0.25, 0.3) is 0 Å². The van der Waals surface area contributed by atoms with E-state index in [0.29, 0.717) is 10.9 Å². The van der Waals surface area contributed by atoms with Crippen molar-refractivity contribution in [3.63, 3.8) is 0 Å². The van der Waals surface area contributed by atoms with E-state index < -0.39 is 11.5 Å². The number of amides is 2. The molecule has 0 unspecified atom stereocenters. The number of carbonyl (C=O) groups excluding carboxylic acids is 1. The number of aryl methyl sites for hydroxylation is 1. The van der Waals surface area contributed by atoms with E-state index >= 15 is 0 Å². The van der Waals surface area contributed by atoms with Gasteiger partial charge in [-0.05, 0) is 60.3 Å². The largest absolute Gasteiger partial charge is 0.481 e.